The van der Waals surface area contributed by atoms with Gasteiger partial charge in [0.15, 0.2) is 11.5 Å². The van der Waals surface area contributed by atoms with Gasteiger partial charge in [0.25, 0.3) is 11.1 Å². The van der Waals surface area contributed by atoms with Crippen LogP contribution in [0.4, 0.5) is 0 Å². The number of pyridine rings is 2. The highest BCUT2D eigenvalue weighted by molar-refractivity contribution is 5.84. The number of ketones is 1. The summed E-state index contributed by atoms with van der Waals surface area (Å²) in [6, 6.07) is 22.1. The maximum atomic E-state index is 12.8. The van der Waals surface area contributed by atoms with Gasteiger partial charge in [-0.3, -0.25) is 14.4 Å². The van der Waals surface area contributed by atoms with Crippen molar-refractivity contribution < 1.29 is 23.7 Å². The van der Waals surface area contributed by atoms with Crippen LogP contribution in [0, 0.1) is 25.7 Å². The molecule has 1 N–H and O–H groups in total. The Morgan fingerprint density at radius 1 is 0.632 bits per heavy atom. The van der Waals surface area contributed by atoms with Gasteiger partial charge in [-0.2, -0.15) is 0 Å². The van der Waals surface area contributed by atoms with Crippen molar-refractivity contribution in [2.75, 3.05) is 27.4 Å². The second-order valence-corrected chi connectivity index (χ2v) is 16.0. The molecule has 2 fully saturated rings. The minimum absolute atomic E-state index is 0.0372. The number of aryl methyl sites for hydroxylation is 4. The molecule has 3 aromatic carbocycles. The molecule has 2 aliphatic carbocycles. The first-order valence-electron chi connectivity index (χ1n) is 20.7. The van der Waals surface area contributed by atoms with Crippen LogP contribution < -0.4 is 35.4 Å². The van der Waals surface area contributed by atoms with Crippen LogP contribution in [0.1, 0.15) is 80.9 Å². The third-order valence-electron chi connectivity index (χ3n) is 12.3. The third-order valence-corrected chi connectivity index (χ3v) is 12.3. The lowest BCUT2D eigenvalue weighted by molar-refractivity contribution is -0.121. The molecule has 0 unspecified atom stereocenters. The molecule has 10 heteroatoms. The second-order valence-electron chi connectivity index (χ2n) is 16.0. The van der Waals surface area contributed by atoms with E-state index in [1.54, 1.807) is 26.4 Å². The number of methoxy groups -OCH3 is 2. The number of fused-ring (bicyclic) bond motifs is 3. The van der Waals surface area contributed by atoms with Crippen molar-refractivity contribution in [3.63, 3.8) is 0 Å². The van der Waals surface area contributed by atoms with E-state index in [2.05, 4.69) is 23.5 Å². The van der Waals surface area contributed by atoms with Crippen molar-refractivity contribution in [1.82, 2.24) is 14.5 Å². The number of nitrogens with zero attached hydrogens (tertiary/aromatic N) is 2. The van der Waals surface area contributed by atoms with Crippen LogP contribution in [0.5, 0.6) is 23.0 Å². The number of rotatable bonds is 11. The predicted molar refractivity (Wildman–Crippen MR) is 225 cm³/mol. The first-order chi connectivity index (χ1) is 27.7. The Morgan fingerprint density at radius 2 is 1.16 bits per heavy atom. The second kappa shape index (κ2) is 18.4. The van der Waals surface area contributed by atoms with Gasteiger partial charge in [-0.05, 0) is 130 Å². The van der Waals surface area contributed by atoms with Crippen LogP contribution in [0.25, 0.3) is 21.8 Å². The van der Waals surface area contributed by atoms with Gasteiger partial charge in [-0.25, -0.2) is 0 Å². The van der Waals surface area contributed by atoms with E-state index in [0.717, 1.165) is 94.7 Å². The van der Waals surface area contributed by atoms with Crippen LogP contribution in [0.15, 0.2) is 76.3 Å². The SMILES string of the molecule is COc1ccc2c(C)cc(=O)n(CCC3CCC(=O)CC3)c2c1.COc1ccc2c(C)cc(=O)n(CCC3CCC(NCc4ccc5c(c4)OCCO5)CC3)c2c1. The topological polar surface area (TPSA) is 110 Å². The average Bonchev–Trinajstić information content (AvgIpc) is 3.23. The van der Waals surface area contributed by atoms with Gasteiger partial charge in [0.05, 0.1) is 25.3 Å². The molecule has 0 bridgehead atoms. The van der Waals surface area contributed by atoms with Crippen molar-refractivity contribution in [1.29, 1.82) is 0 Å². The fourth-order valence-corrected chi connectivity index (χ4v) is 8.80. The van der Waals surface area contributed by atoms with Crippen LogP contribution in [0.3, 0.4) is 0 Å². The Balaban J connectivity index is 0.000000188. The van der Waals surface area contributed by atoms with E-state index in [1.165, 1.54) is 31.2 Å². The molecule has 57 heavy (non-hydrogen) atoms. The molecule has 10 nitrogen and oxygen atoms in total. The van der Waals surface area contributed by atoms with Gasteiger partial charge in [0, 0.05) is 73.6 Å². The monoisotopic (exact) mass is 775 g/mol. The molecule has 5 aromatic rings. The highest BCUT2D eigenvalue weighted by Crippen LogP contribution is 2.32. The highest BCUT2D eigenvalue weighted by atomic mass is 16.6. The summed E-state index contributed by atoms with van der Waals surface area (Å²) in [6.07, 6.45) is 10.0. The number of aromatic nitrogens is 2. The molecule has 3 aliphatic rings. The zero-order valence-electron chi connectivity index (χ0n) is 33.9. The van der Waals surface area contributed by atoms with Gasteiger partial charge in [-0.1, -0.05) is 6.07 Å². The molecule has 0 radical (unpaired) electrons. The molecule has 0 amide bonds. The molecule has 302 valence electrons. The largest absolute Gasteiger partial charge is 0.497 e. The Kier molecular flexibility index (Phi) is 13.0. The average molecular weight is 776 g/mol. The minimum Gasteiger partial charge on any atom is -0.497 e. The highest BCUT2D eigenvalue weighted by Gasteiger charge is 2.22. The van der Waals surface area contributed by atoms with Gasteiger partial charge < -0.3 is 33.4 Å². The van der Waals surface area contributed by atoms with E-state index in [9.17, 15) is 14.4 Å². The lowest BCUT2D eigenvalue weighted by atomic mass is 9.84. The number of benzene rings is 3. The Labute approximate surface area is 335 Å². The van der Waals surface area contributed by atoms with Crippen LogP contribution in [-0.4, -0.2) is 48.4 Å². The van der Waals surface area contributed by atoms with Gasteiger partial charge in [-0.15, -0.1) is 0 Å². The molecule has 3 heterocycles. The lowest BCUT2D eigenvalue weighted by Crippen LogP contribution is -2.33. The predicted octanol–water partition coefficient (Wildman–Crippen LogP) is 8.30. The van der Waals surface area contributed by atoms with E-state index in [-0.39, 0.29) is 11.1 Å². The van der Waals surface area contributed by atoms with E-state index in [0.29, 0.717) is 56.3 Å². The summed E-state index contributed by atoms with van der Waals surface area (Å²) in [7, 11) is 3.30. The number of carbonyl (C=O) groups is 1. The Hall–Kier alpha value is -5.09. The molecule has 0 spiro atoms. The minimum atomic E-state index is 0.0372. The molecule has 0 saturated heterocycles. The van der Waals surface area contributed by atoms with Crippen molar-refractivity contribution in [2.24, 2.45) is 11.8 Å². The standard InChI is InChI=1S/C28H34N2O4.C19H23NO3/c1-19-15-28(31)30(25-17-23(32-2)8-9-24(19)25)12-11-20-3-6-22(7-4-20)29-18-21-5-10-26-27(16-21)34-14-13-33-26;1-13-11-19(22)20(10-9-14-3-5-15(21)6-4-14)18-12-16(23-2)7-8-17(13)18/h5,8-10,15-17,20,22,29H,3-4,6-7,11-14,18H2,1-2H3;7-8,11-12,14H,3-6,9-10H2,1-2H3. The first-order valence-corrected chi connectivity index (χ1v) is 20.7. The molecular weight excluding hydrogens is 719 g/mol. The number of nitrogens with one attached hydrogen (secondary N) is 1. The molecule has 0 atom stereocenters. The van der Waals surface area contributed by atoms with Crippen molar-refractivity contribution in [2.45, 2.75) is 104 Å². The zero-order chi connectivity index (χ0) is 39.9. The molecule has 8 rings (SSSR count). The van der Waals surface area contributed by atoms with E-state index in [1.807, 2.05) is 59.4 Å². The van der Waals surface area contributed by atoms with Crippen LogP contribution in [0.2, 0.25) is 0 Å². The lowest BCUT2D eigenvalue weighted by Gasteiger charge is -2.29. The summed E-state index contributed by atoms with van der Waals surface area (Å²) in [5.41, 5.74) is 5.26. The van der Waals surface area contributed by atoms with Crippen LogP contribution in [-0.2, 0) is 24.4 Å². The number of ether oxygens (including phenoxy) is 4. The van der Waals surface area contributed by atoms with Crippen LogP contribution >= 0.6 is 0 Å². The number of carbonyl (C=O) groups excluding carboxylic acids is 1. The summed E-state index contributed by atoms with van der Waals surface area (Å²) in [6.45, 7) is 7.50. The Bertz CT molecular complexity index is 2310. The Morgan fingerprint density at radius 3 is 1.70 bits per heavy atom. The number of hydrogen-bond acceptors (Lipinski definition) is 8. The van der Waals surface area contributed by atoms with Gasteiger partial charge >= 0.3 is 0 Å². The fraction of sp³-hybridized carbons (Fsp3) is 0.468. The van der Waals surface area contributed by atoms with Crippen molar-refractivity contribution >= 4 is 27.6 Å². The van der Waals surface area contributed by atoms with E-state index < -0.39 is 0 Å². The molecular formula is C47H57N3O7. The maximum Gasteiger partial charge on any atom is 0.251 e. The smallest absolute Gasteiger partial charge is 0.251 e. The summed E-state index contributed by atoms with van der Waals surface area (Å²) in [5, 5.41) is 5.93. The molecule has 1 aliphatic heterocycles. The normalized spacial score (nSPS) is 18.3. The molecule has 2 saturated carbocycles. The van der Waals surface area contributed by atoms with E-state index in [4.69, 9.17) is 18.9 Å². The summed E-state index contributed by atoms with van der Waals surface area (Å²) in [5.74, 6) is 4.82. The zero-order valence-corrected chi connectivity index (χ0v) is 33.9. The third kappa shape index (κ3) is 9.72. The van der Waals surface area contributed by atoms with Crippen molar-refractivity contribution in [3.05, 3.63) is 104 Å². The fourth-order valence-electron chi connectivity index (χ4n) is 8.80. The van der Waals surface area contributed by atoms with Gasteiger partial charge in [0.1, 0.15) is 30.5 Å². The number of Topliss-reactive ketones (excluding diaryl/α,β-unsaturated/α-hetero) is 1. The van der Waals surface area contributed by atoms with E-state index >= 15 is 0 Å². The summed E-state index contributed by atoms with van der Waals surface area (Å²) >= 11 is 0. The van der Waals surface area contributed by atoms with Crippen molar-refractivity contribution in [3.8, 4) is 23.0 Å². The molecule has 2 aromatic heterocycles. The quantitative estimate of drug-likeness (QED) is 0.143. The number of hydrogen-bond donors (Lipinski definition) is 1. The maximum absolute atomic E-state index is 12.8. The van der Waals surface area contributed by atoms with Gasteiger partial charge in [0.2, 0.25) is 0 Å². The summed E-state index contributed by atoms with van der Waals surface area (Å²) < 4.78 is 25.8. The summed E-state index contributed by atoms with van der Waals surface area (Å²) in [4.78, 5) is 36.6. The first kappa shape index (κ1) is 40.1.